The van der Waals surface area contributed by atoms with Gasteiger partial charge in [-0.1, -0.05) is 25.3 Å². The Bertz CT molecular complexity index is 850. The normalized spacial score (nSPS) is 17.8. The minimum absolute atomic E-state index is 0.0290. The van der Waals surface area contributed by atoms with Crippen molar-refractivity contribution < 1.29 is 24.0 Å². The van der Waals surface area contributed by atoms with Crippen LogP contribution in [0.2, 0.25) is 0 Å². The van der Waals surface area contributed by atoms with Crippen molar-refractivity contribution in [3.05, 3.63) is 23.8 Å². The molecule has 3 N–H and O–H groups in total. The molecule has 1 fully saturated rings. The predicted molar refractivity (Wildman–Crippen MR) is 115 cm³/mol. The maximum Gasteiger partial charge on any atom is 0.351 e. The molecule has 168 valence electrons. The van der Waals surface area contributed by atoms with E-state index in [2.05, 4.69) is 10.8 Å². The standard InChI is InChI=1S/C22H30N4O5/c1-14(23)25-31-20(27)13-26(12-15-6-4-3-5-7-15)22(29)21(28)18-11-24-19-10-16(30-2)8-9-17(18)19/h8-10,15,18,24H,3-7,11-13H2,1-2H3,(H2,23,25). The van der Waals surface area contributed by atoms with E-state index in [1.807, 2.05) is 0 Å². The second kappa shape index (κ2) is 10.3. The molecule has 31 heavy (non-hydrogen) atoms. The fourth-order valence-electron chi connectivity index (χ4n) is 4.20. The number of anilines is 1. The number of hydrogen-bond acceptors (Lipinski definition) is 7. The van der Waals surface area contributed by atoms with Gasteiger partial charge in [0, 0.05) is 24.8 Å². The third-order valence-electron chi connectivity index (χ3n) is 5.79. The van der Waals surface area contributed by atoms with Gasteiger partial charge in [0.2, 0.25) is 5.78 Å². The summed E-state index contributed by atoms with van der Waals surface area (Å²) < 4.78 is 5.22. The first kappa shape index (κ1) is 22.6. The fourth-order valence-corrected chi connectivity index (χ4v) is 4.20. The minimum Gasteiger partial charge on any atom is -0.497 e. The Morgan fingerprint density at radius 3 is 2.65 bits per heavy atom. The van der Waals surface area contributed by atoms with Crippen LogP contribution in [0.3, 0.4) is 0 Å². The molecule has 9 nitrogen and oxygen atoms in total. The van der Waals surface area contributed by atoms with Gasteiger partial charge >= 0.3 is 5.97 Å². The molecule has 1 aromatic carbocycles. The van der Waals surface area contributed by atoms with Crippen LogP contribution in [0.5, 0.6) is 5.75 Å². The molecule has 3 rings (SSSR count). The number of nitrogens with one attached hydrogen (secondary N) is 3. The van der Waals surface area contributed by atoms with E-state index in [1.54, 1.807) is 25.3 Å². The lowest BCUT2D eigenvalue weighted by atomic mass is 9.88. The first-order valence-corrected chi connectivity index (χ1v) is 10.6. The first-order chi connectivity index (χ1) is 14.9. The summed E-state index contributed by atoms with van der Waals surface area (Å²) in [7, 11) is 1.57. The van der Waals surface area contributed by atoms with E-state index in [-0.39, 0.29) is 18.3 Å². The van der Waals surface area contributed by atoms with Gasteiger partial charge in [-0.2, -0.15) is 0 Å². The number of amides is 1. The van der Waals surface area contributed by atoms with Gasteiger partial charge in [-0.25, -0.2) is 10.3 Å². The Morgan fingerprint density at radius 2 is 1.97 bits per heavy atom. The number of amidine groups is 1. The lowest BCUT2D eigenvalue weighted by molar-refractivity contribution is -0.155. The zero-order valence-electron chi connectivity index (χ0n) is 18.0. The number of Topliss-reactive ketones (excluding diaryl/α,β-unsaturated/α-hetero) is 1. The quantitative estimate of drug-likeness (QED) is 0.262. The molecule has 2 aliphatic rings. The number of carbonyl (C=O) groups excluding carboxylic acids is 3. The molecule has 1 saturated carbocycles. The van der Waals surface area contributed by atoms with Crippen molar-refractivity contribution in [3.8, 4) is 5.75 Å². The Balaban J connectivity index is 1.73. The number of methoxy groups -OCH3 is 1. The molecule has 0 spiro atoms. The lowest BCUT2D eigenvalue weighted by Gasteiger charge is -2.29. The lowest BCUT2D eigenvalue weighted by Crippen LogP contribution is -2.46. The van der Waals surface area contributed by atoms with Crippen molar-refractivity contribution in [2.45, 2.75) is 44.9 Å². The van der Waals surface area contributed by atoms with Gasteiger partial charge < -0.3 is 19.8 Å². The predicted octanol–water partition coefficient (Wildman–Crippen LogP) is 2.23. The number of nitrogens with zero attached hydrogens (tertiary/aromatic N) is 1. The van der Waals surface area contributed by atoms with Crippen LogP contribution in [0.15, 0.2) is 18.2 Å². The molecule has 1 aliphatic heterocycles. The molecule has 0 aromatic heterocycles. The average Bonchev–Trinajstić information content (AvgIpc) is 3.20. The summed E-state index contributed by atoms with van der Waals surface area (Å²) >= 11 is 0. The Morgan fingerprint density at radius 1 is 1.23 bits per heavy atom. The number of hydrogen-bond donors (Lipinski definition) is 3. The van der Waals surface area contributed by atoms with Crippen LogP contribution < -0.4 is 15.5 Å². The summed E-state index contributed by atoms with van der Waals surface area (Å²) in [6.45, 7) is 1.76. The van der Waals surface area contributed by atoms with Crippen molar-refractivity contribution in [2.24, 2.45) is 5.92 Å². The maximum atomic E-state index is 13.2. The highest BCUT2D eigenvalue weighted by Crippen LogP contribution is 2.35. The van der Waals surface area contributed by atoms with Crippen molar-refractivity contribution in [2.75, 3.05) is 32.1 Å². The second-order valence-corrected chi connectivity index (χ2v) is 8.14. The third kappa shape index (κ3) is 5.74. The van der Waals surface area contributed by atoms with E-state index < -0.39 is 23.6 Å². The van der Waals surface area contributed by atoms with Crippen LogP contribution in [-0.4, -0.2) is 55.1 Å². The number of hydroxylamine groups is 1. The van der Waals surface area contributed by atoms with Crippen molar-refractivity contribution in [1.82, 2.24) is 10.4 Å². The van der Waals surface area contributed by atoms with Crippen LogP contribution in [0.25, 0.3) is 0 Å². The molecule has 0 saturated heterocycles. The van der Waals surface area contributed by atoms with Gasteiger partial charge in [0.05, 0.1) is 13.0 Å². The maximum absolute atomic E-state index is 13.2. The van der Waals surface area contributed by atoms with Gasteiger partial charge in [-0.05, 0) is 37.3 Å². The highest BCUT2D eigenvalue weighted by molar-refractivity contribution is 6.38. The second-order valence-electron chi connectivity index (χ2n) is 8.14. The van der Waals surface area contributed by atoms with Gasteiger partial charge in [0.15, 0.2) is 0 Å². The topological polar surface area (TPSA) is 121 Å². The number of ketones is 1. The number of rotatable bonds is 7. The van der Waals surface area contributed by atoms with Crippen molar-refractivity contribution in [1.29, 1.82) is 5.41 Å². The summed E-state index contributed by atoms with van der Waals surface area (Å²) in [4.78, 5) is 44.6. The number of ether oxygens (including phenoxy) is 1. The zero-order chi connectivity index (χ0) is 22.4. The SMILES string of the molecule is COc1ccc2c(c1)NCC2C(=O)C(=O)N(CC(=O)ONC(C)=N)CC1CCCCC1. The summed E-state index contributed by atoms with van der Waals surface area (Å²) in [5.74, 6) is -1.65. The molecule has 0 bridgehead atoms. The molecule has 9 heteroatoms. The van der Waals surface area contributed by atoms with Gasteiger partial charge in [-0.3, -0.25) is 15.0 Å². The zero-order valence-corrected chi connectivity index (χ0v) is 18.0. The molecule has 1 amide bonds. The Hall–Kier alpha value is -3.10. The van der Waals surface area contributed by atoms with E-state index in [1.165, 1.54) is 18.2 Å². The smallest absolute Gasteiger partial charge is 0.351 e. The van der Waals surface area contributed by atoms with Gasteiger partial charge in [-0.15, -0.1) is 0 Å². The van der Waals surface area contributed by atoms with E-state index in [9.17, 15) is 14.4 Å². The largest absolute Gasteiger partial charge is 0.497 e. The summed E-state index contributed by atoms with van der Waals surface area (Å²) in [6, 6.07) is 5.36. The van der Waals surface area contributed by atoms with E-state index in [4.69, 9.17) is 15.0 Å². The molecule has 1 heterocycles. The Kier molecular flexibility index (Phi) is 7.49. The van der Waals surface area contributed by atoms with Gasteiger partial charge in [0.25, 0.3) is 5.91 Å². The van der Waals surface area contributed by atoms with Crippen LogP contribution in [-0.2, 0) is 19.2 Å². The summed E-state index contributed by atoms with van der Waals surface area (Å²) in [6.07, 6.45) is 5.28. The van der Waals surface area contributed by atoms with E-state index >= 15 is 0 Å². The summed E-state index contributed by atoms with van der Waals surface area (Å²) in [5, 5.41) is 10.5. The van der Waals surface area contributed by atoms with Crippen LogP contribution in [0, 0.1) is 11.3 Å². The molecule has 1 aromatic rings. The van der Waals surface area contributed by atoms with Gasteiger partial charge in [0.1, 0.15) is 18.1 Å². The Labute approximate surface area is 181 Å². The average molecular weight is 431 g/mol. The van der Waals surface area contributed by atoms with Crippen molar-refractivity contribution >= 4 is 29.2 Å². The first-order valence-electron chi connectivity index (χ1n) is 10.6. The summed E-state index contributed by atoms with van der Waals surface area (Å²) in [5.41, 5.74) is 3.71. The number of carbonyl (C=O) groups is 3. The molecular formula is C22H30N4O5. The molecule has 1 atom stereocenters. The highest BCUT2D eigenvalue weighted by Gasteiger charge is 2.36. The van der Waals surface area contributed by atoms with Crippen LogP contribution in [0.1, 0.15) is 50.5 Å². The van der Waals surface area contributed by atoms with Crippen LogP contribution in [0.4, 0.5) is 5.69 Å². The fraction of sp³-hybridized carbons (Fsp3) is 0.545. The molecule has 1 aliphatic carbocycles. The molecular weight excluding hydrogens is 400 g/mol. The monoisotopic (exact) mass is 430 g/mol. The molecule has 1 unspecified atom stereocenters. The third-order valence-corrected chi connectivity index (χ3v) is 5.79. The van der Waals surface area contributed by atoms with E-state index in [0.717, 1.165) is 36.9 Å². The number of fused-ring (bicyclic) bond motifs is 1. The minimum atomic E-state index is -0.710. The highest BCUT2D eigenvalue weighted by atomic mass is 16.7. The van der Waals surface area contributed by atoms with E-state index in [0.29, 0.717) is 18.8 Å². The number of benzene rings is 1. The van der Waals surface area contributed by atoms with Crippen molar-refractivity contribution in [3.63, 3.8) is 0 Å². The van der Waals surface area contributed by atoms with Crippen LogP contribution >= 0.6 is 0 Å². The molecule has 0 radical (unpaired) electrons.